The van der Waals surface area contributed by atoms with E-state index in [0.717, 1.165) is 0 Å². The first-order chi connectivity index (χ1) is 7.63. The molecule has 0 unspecified atom stereocenters. The second kappa shape index (κ2) is 5.88. The number of hydrogen-bond acceptors (Lipinski definition) is 5. The van der Waals surface area contributed by atoms with Crippen LogP contribution >= 0.6 is 11.3 Å². The van der Waals surface area contributed by atoms with Gasteiger partial charge in [0.25, 0.3) is 5.91 Å². The van der Waals surface area contributed by atoms with Crippen molar-refractivity contribution in [2.75, 3.05) is 5.32 Å². The molecule has 1 aromatic rings. The number of carbonyl (C=O) groups is 1. The van der Waals surface area contributed by atoms with Gasteiger partial charge in [-0.05, 0) is 13.8 Å². The third-order valence-electron chi connectivity index (χ3n) is 1.56. The summed E-state index contributed by atoms with van der Waals surface area (Å²) in [5, 5.41) is 16.7. The van der Waals surface area contributed by atoms with Gasteiger partial charge in [-0.1, -0.05) is 0 Å². The van der Waals surface area contributed by atoms with Crippen molar-refractivity contribution in [2.24, 2.45) is 0 Å². The molecule has 0 saturated carbocycles. The van der Waals surface area contributed by atoms with Crippen LogP contribution in [0.4, 0.5) is 5.13 Å². The molecule has 1 aromatic heterocycles. The molecule has 0 radical (unpaired) electrons. The molecular formula is C10H12N4OS. The lowest BCUT2D eigenvalue weighted by molar-refractivity contribution is -0.117. The fourth-order valence-electron chi connectivity index (χ4n) is 0.917. The molecular weight excluding hydrogens is 224 g/mol. The topological polar surface area (TPSA) is 77.8 Å². The van der Waals surface area contributed by atoms with Crippen molar-refractivity contribution in [3.63, 3.8) is 0 Å². The lowest BCUT2D eigenvalue weighted by Crippen LogP contribution is -2.31. The highest BCUT2D eigenvalue weighted by molar-refractivity contribution is 7.13. The quantitative estimate of drug-likeness (QED) is 0.613. The van der Waals surface area contributed by atoms with Gasteiger partial charge < -0.3 is 10.6 Å². The average molecular weight is 236 g/mol. The summed E-state index contributed by atoms with van der Waals surface area (Å²) in [6.45, 7) is 3.67. The van der Waals surface area contributed by atoms with Crippen molar-refractivity contribution in [3.8, 4) is 6.07 Å². The molecule has 0 fully saturated rings. The van der Waals surface area contributed by atoms with E-state index in [2.05, 4.69) is 15.6 Å². The standard InChI is InChI=1S/C10H12N4OS/c1-7(2)14-9(15)8(5-11)6-13-10-12-3-4-16-10/h3-4,6-7H,1-2H3,(H,12,13)(H,14,15)/b8-6-. The van der Waals surface area contributed by atoms with Gasteiger partial charge in [0.05, 0.1) is 0 Å². The van der Waals surface area contributed by atoms with Crippen LogP contribution in [0, 0.1) is 11.3 Å². The Balaban J connectivity index is 2.64. The van der Waals surface area contributed by atoms with Gasteiger partial charge in [-0.2, -0.15) is 5.26 Å². The Hall–Kier alpha value is -1.87. The summed E-state index contributed by atoms with van der Waals surface area (Å²) in [6, 6.07) is 1.84. The fourth-order valence-corrected chi connectivity index (χ4v) is 1.42. The summed E-state index contributed by atoms with van der Waals surface area (Å²) in [5.41, 5.74) is 0.0314. The lowest BCUT2D eigenvalue weighted by atomic mass is 10.2. The fraction of sp³-hybridized carbons (Fsp3) is 0.300. The molecule has 1 rings (SSSR count). The smallest absolute Gasteiger partial charge is 0.263 e. The Labute approximate surface area is 97.8 Å². The van der Waals surface area contributed by atoms with Crippen molar-refractivity contribution < 1.29 is 4.79 Å². The Morgan fingerprint density at radius 3 is 2.94 bits per heavy atom. The molecule has 5 nitrogen and oxygen atoms in total. The molecule has 0 atom stereocenters. The maximum absolute atomic E-state index is 11.5. The first kappa shape index (κ1) is 12.2. The molecule has 0 bridgehead atoms. The van der Waals surface area contributed by atoms with Crippen molar-refractivity contribution in [3.05, 3.63) is 23.3 Å². The third-order valence-corrected chi connectivity index (χ3v) is 2.26. The van der Waals surface area contributed by atoms with Crippen LogP contribution in [0.2, 0.25) is 0 Å². The first-order valence-electron chi connectivity index (χ1n) is 4.70. The highest BCUT2D eigenvalue weighted by Gasteiger charge is 2.09. The number of thiazole rings is 1. The average Bonchev–Trinajstić information content (AvgIpc) is 2.70. The molecule has 1 heterocycles. The van der Waals surface area contributed by atoms with Crippen molar-refractivity contribution in [2.45, 2.75) is 19.9 Å². The minimum absolute atomic E-state index is 0.00381. The number of hydrogen-bond donors (Lipinski definition) is 2. The summed E-state index contributed by atoms with van der Waals surface area (Å²) < 4.78 is 0. The molecule has 16 heavy (non-hydrogen) atoms. The molecule has 0 saturated heterocycles. The predicted octanol–water partition coefficient (Wildman–Crippen LogP) is 1.49. The lowest BCUT2D eigenvalue weighted by Gasteiger charge is -2.06. The molecule has 0 aromatic carbocycles. The number of anilines is 1. The summed E-state index contributed by atoms with van der Waals surface area (Å²) in [6.07, 6.45) is 3.00. The van der Waals surface area contributed by atoms with Crippen LogP contribution in [0.5, 0.6) is 0 Å². The third kappa shape index (κ3) is 3.71. The molecule has 0 aliphatic heterocycles. The summed E-state index contributed by atoms with van der Waals surface area (Å²) in [5.74, 6) is -0.387. The molecule has 6 heteroatoms. The Morgan fingerprint density at radius 2 is 2.44 bits per heavy atom. The van der Waals surface area contributed by atoms with E-state index in [4.69, 9.17) is 5.26 Å². The minimum Gasteiger partial charge on any atom is -0.349 e. The van der Waals surface area contributed by atoms with E-state index in [9.17, 15) is 4.79 Å². The van der Waals surface area contributed by atoms with Crippen LogP contribution in [0.15, 0.2) is 23.3 Å². The van der Waals surface area contributed by atoms with Crippen LogP contribution in [0.3, 0.4) is 0 Å². The van der Waals surface area contributed by atoms with Gasteiger partial charge in [-0.25, -0.2) is 4.98 Å². The number of nitrogens with one attached hydrogen (secondary N) is 2. The molecule has 0 aliphatic carbocycles. The molecule has 84 valence electrons. The highest BCUT2D eigenvalue weighted by Crippen LogP contribution is 2.10. The van der Waals surface area contributed by atoms with Crippen LogP contribution in [-0.2, 0) is 4.79 Å². The predicted molar refractivity (Wildman–Crippen MR) is 62.7 cm³/mol. The summed E-state index contributed by atoms with van der Waals surface area (Å²) in [4.78, 5) is 15.4. The van der Waals surface area contributed by atoms with Crippen molar-refractivity contribution in [1.29, 1.82) is 5.26 Å². The van der Waals surface area contributed by atoms with Gasteiger partial charge in [0.1, 0.15) is 11.6 Å². The van der Waals surface area contributed by atoms with Gasteiger partial charge in [0, 0.05) is 23.8 Å². The molecule has 0 spiro atoms. The highest BCUT2D eigenvalue weighted by atomic mass is 32.1. The zero-order chi connectivity index (χ0) is 12.0. The number of nitriles is 1. The van der Waals surface area contributed by atoms with Gasteiger partial charge in [0.15, 0.2) is 5.13 Å². The Bertz CT molecular complexity index is 417. The van der Waals surface area contributed by atoms with Crippen molar-refractivity contribution >= 4 is 22.4 Å². The number of aromatic nitrogens is 1. The molecule has 1 amide bonds. The Kier molecular flexibility index (Phi) is 4.48. The monoisotopic (exact) mass is 236 g/mol. The van der Waals surface area contributed by atoms with Gasteiger partial charge in [-0.15, -0.1) is 11.3 Å². The van der Waals surface area contributed by atoms with E-state index >= 15 is 0 Å². The number of amides is 1. The second-order valence-corrected chi connectivity index (χ2v) is 4.17. The number of nitrogens with zero attached hydrogens (tertiary/aromatic N) is 2. The van der Waals surface area contributed by atoms with Crippen molar-refractivity contribution in [1.82, 2.24) is 10.3 Å². The zero-order valence-corrected chi connectivity index (χ0v) is 9.84. The van der Waals surface area contributed by atoms with E-state index in [0.29, 0.717) is 5.13 Å². The minimum atomic E-state index is -0.387. The van der Waals surface area contributed by atoms with E-state index in [1.807, 2.05) is 19.9 Å². The Morgan fingerprint density at radius 1 is 1.69 bits per heavy atom. The van der Waals surface area contributed by atoms with Crippen LogP contribution in [0.25, 0.3) is 0 Å². The van der Waals surface area contributed by atoms with E-state index < -0.39 is 0 Å². The van der Waals surface area contributed by atoms with E-state index in [1.54, 1.807) is 11.6 Å². The van der Waals surface area contributed by atoms with Gasteiger partial charge >= 0.3 is 0 Å². The molecule has 2 N–H and O–H groups in total. The second-order valence-electron chi connectivity index (χ2n) is 3.28. The maximum Gasteiger partial charge on any atom is 0.263 e. The SMILES string of the molecule is CC(C)NC(=O)/C(C#N)=C\Nc1nccs1. The number of carbonyl (C=O) groups excluding carboxylic acids is 1. The van der Waals surface area contributed by atoms with Gasteiger partial charge in [0.2, 0.25) is 0 Å². The summed E-state index contributed by atoms with van der Waals surface area (Å²) in [7, 11) is 0. The van der Waals surface area contributed by atoms with Crippen LogP contribution < -0.4 is 10.6 Å². The molecule has 0 aliphatic rings. The zero-order valence-electron chi connectivity index (χ0n) is 9.02. The number of rotatable bonds is 4. The van der Waals surface area contributed by atoms with E-state index in [1.165, 1.54) is 17.5 Å². The normalized spacial score (nSPS) is 11.0. The summed E-state index contributed by atoms with van der Waals surface area (Å²) >= 11 is 1.39. The van der Waals surface area contributed by atoms with E-state index in [-0.39, 0.29) is 17.5 Å². The van der Waals surface area contributed by atoms with Crippen LogP contribution in [0.1, 0.15) is 13.8 Å². The largest absolute Gasteiger partial charge is 0.349 e. The van der Waals surface area contributed by atoms with Crippen LogP contribution in [-0.4, -0.2) is 16.9 Å². The van der Waals surface area contributed by atoms with Gasteiger partial charge in [-0.3, -0.25) is 4.79 Å². The maximum atomic E-state index is 11.5. The first-order valence-corrected chi connectivity index (χ1v) is 5.58.